The minimum absolute atomic E-state index is 0.0744. The van der Waals surface area contributed by atoms with Crippen molar-refractivity contribution < 1.29 is 19.4 Å². The molecule has 0 atom stereocenters. The second-order valence-corrected chi connectivity index (χ2v) is 8.84. The second-order valence-electron chi connectivity index (χ2n) is 8.84. The predicted octanol–water partition coefficient (Wildman–Crippen LogP) is 5.20. The maximum absolute atomic E-state index is 11.2. The summed E-state index contributed by atoms with van der Waals surface area (Å²) in [6.07, 6.45) is 2.32. The van der Waals surface area contributed by atoms with Gasteiger partial charge in [0.1, 0.15) is 18.1 Å². The summed E-state index contributed by atoms with van der Waals surface area (Å²) in [4.78, 5) is 11.2. The van der Waals surface area contributed by atoms with Crippen molar-refractivity contribution in [2.75, 3.05) is 6.61 Å². The highest BCUT2D eigenvalue weighted by atomic mass is 16.5. The average molecular weight is 432 g/mol. The van der Waals surface area contributed by atoms with E-state index in [0.717, 1.165) is 28.0 Å². The zero-order valence-electron chi connectivity index (χ0n) is 18.3. The smallest absolute Gasteiger partial charge is 0.307 e. The summed E-state index contributed by atoms with van der Waals surface area (Å²) in [7, 11) is 0. The van der Waals surface area contributed by atoms with Crippen LogP contribution < -0.4 is 15.2 Å². The number of hydrogen-bond donors (Lipinski definition) is 2. The largest absolute Gasteiger partial charge is 0.493 e. The van der Waals surface area contributed by atoms with Gasteiger partial charge in [0.25, 0.3) is 0 Å². The highest BCUT2D eigenvalue weighted by Crippen LogP contribution is 2.45. The summed E-state index contributed by atoms with van der Waals surface area (Å²) in [5.41, 5.74) is 10.9. The molecule has 3 aromatic carbocycles. The number of benzene rings is 3. The Labute approximate surface area is 188 Å². The van der Waals surface area contributed by atoms with Gasteiger partial charge in [0, 0.05) is 17.5 Å². The average Bonchev–Trinajstić information content (AvgIpc) is 3.54. The van der Waals surface area contributed by atoms with Gasteiger partial charge in [-0.1, -0.05) is 43.3 Å². The summed E-state index contributed by atoms with van der Waals surface area (Å²) in [6, 6.07) is 21.6. The van der Waals surface area contributed by atoms with Gasteiger partial charge >= 0.3 is 5.97 Å². The van der Waals surface area contributed by atoms with Crippen molar-refractivity contribution in [2.45, 2.75) is 39.3 Å². The van der Waals surface area contributed by atoms with E-state index in [2.05, 4.69) is 31.2 Å². The Balaban J connectivity index is 1.59. The van der Waals surface area contributed by atoms with Crippen LogP contribution in [0.1, 0.15) is 36.5 Å². The molecule has 0 radical (unpaired) electrons. The van der Waals surface area contributed by atoms with Gasteiger partial charge in [-0.2, -0.15) is 0 Å². The third-order valence-electron chi connectivity index (χ3n) is 5.86. The number of carboxylic acids is 1. The molecule has 0 saturated heterocycles. The highest BCUT2D eigenvalue weighted by molar-refractivity contribution is 5.71. The Morgan fingerprint density at radius 3 is 2.50 bits per heavy atom. The summed E-state index contributed by atoms with van der Waals surface area (Å²) >= 11 is 0. The van der Waals surface area contributed by atoms with Crippen LogP contribution in [-0.4, -0.2) is 17.7 Å². The van der Waals surface area contributed by atoms with E-state index in [9.17, 15) is 4.79 Å². The van der Waals surface area contributed by atoms with E-state index in [-0.39, 0.29) is 11.8 Å². The van der Waals surface area contributed by atoms with Crippen LogP contribution >= 0.6 is 0 Å². The van der Waals surface area contributed by atoms with Crippen molar-refractivity contribution in [2.24, 2.45) is 11.1 Å². The van der Waals surface area contributed by atoms with Gasteiger partial charge in [-0.05, 0) is 65.4 Å². The molecule has 4 rings (SSSR count). The third kappa shape index (κ3) is 5.68. The van der Waals surface area contributed by atoms with Crippen LogP contribution in [0.25, 0.3) is 11.1 Å². The lowest BCUT2D eigenvalue weighted by Gasteiger charge is -2.16. The van der Waals surface area contributed by atoms with Gasteiger partial charge in [0.2, 0.25) is 0 Å². The quantitative estimate of drug-likeness (QED) is 0.461. The zero-order valence-corrected chi connectivity index (χ0v) is 18.3. The molecule has 0 heterocycles. The van der Waals surface area contributed by atoms with Gasteiger partial charge in [-0.15, -0.1) is 0 Å². The van der Waals surface area contributed by atoms with Gasteiger partial charge in [0.15, 0.2) is 0 Å². The van der Waals surface area contributed by atoms with Crippen molar-refractivity contribution in [1.82, 2.24) is 0 Å². The van der Waals surface area contributed by atoms with E-state index in [4.69, 9.17) is 20.3 Å². The lowest BCUT2D eigenvalue weighted by molar-refractivity contribution is -0.136. The van der Waals surface area contributed by atoms with Crippen LogP contribution in [0, 0.1) is 5.41 Å². The number of nitrogens with two attached hydrogens (primary N) is 1. The van der Waals surface area contributed by atoms with Crippen LogP contribution in [0.3, 0.4) is 0 Å². The zero-order chi connectivity index (χ0) is 22.6. The first-order valence-electron chi connectivity index (χ1n) is 10.9. The summed E-state index contributed by atoms with van der Waals surface area (Å²) in [5.74, 6) is 0.511. The molecule has 32 heavy (non-hydrogen) atoms. The number of aliphatic carboxylic acids is 1. The first kappa shape index (κ1) is 21.9. The lowest BCUT2D eigenvalue weighted by atomic mass is 10.0. The lowest BCUT2D eigenvalue weighted by Crippen LogP contribution is -2.09. The number of carboxylic acid groups (broad SMARTS) is 1. The molecule has 3 aromatic rings. The Morgan fingerprint density at radius 2 is 1.75 bits per heavy atom. The van der Waals surface area contributed by atoms with Crippen LogP contribution in [0.5, 0.6) is 11.5 Å². The van der Waals surface area contributed by atoms with Crippen molar-refractivity contribution in [1.29, 1.82) is 0 Å². The topological polar surface area (TPSA) is 81.8 Å². The normalized spacial score (nSPS) is 14.1. The van der Waals surface area contributed by atoms with Crippen LogP contribution in [0.2, 0.25) is 0 Å². The third-order valence-corrected chi connectivity index (χ3v) is 5.86. The SMILES string of the molecule is CC1(COc2cc(COc3ccccc3CC(=O)O)cc(-c3cccc(CN)c3)c2)CC1. The highest BCUT2D eigenvalue weighted by Gasteiger charge is 2.38. The standard InChI is InChI=1S/C27H29NO4/c1-27(9-10-27)18-32-24-13-20(12-23(14-24)21-7-4-5-19(11-21)16-28)17-31-25-8-3-2-6-22(25)15-26(29)30/h2-8,11-14H,9-10,15-18,28H2,1H3,(H,29,30). The molecular weight excluding hydrogens is 402 g/mol. The first-order chi connectivity index (χ1) is 15.4. The van der Waals surface area contributed by atoms with E-state index in [1.165, 1.54) is 12.8 Å². The van der Waals surface area contributed by atoms with Gasteiger partial charge < -0.3 is 20.3 Å². The molecule has 5 heteroatoms. The molecule has 0 aromatic heterocycles. The molecule has 0 unspecified atom stereocenters. The van der Waals surface area contributed by atoms with Crippen molar-refractivity contribution >= 4 is 5.97 Å². The fourth-order valence-corrected chi connectivity index (χ4v) is 3.60. The maximum atomic E-state index is 11.2. The Morgan fingerprint density at radius 1 is 0.969 bits per heavy atom. The van der Waals surface area contributed by atoms with Crippen molar-refractivity contribution in [3.63, 3.8) is 0 Å². The van der Waals surface area contributed by atoms with Gasteiger partial charge in [-0.3, -0.25) is 4.79 Å². The van der Waals surface area contributed by atoms with Crippen LogP contribution in [0.4, 0.5) is 0 Å². The van der Waals surface area contributed by atoms with E-state index in [1.807, 2.05) is 30.3 Å². The summed E-state index contributed by atoms with van der Waals surface area (Å²) in [6.45, 7) is 3.74. The number of rotatable bonds is 10. The Bertz CT molecular complexity index is 1100. The minimum Gasteiger partial charge on any atom is -0.493 e. The molecular formula is C27H29NO4. The van der Waals surface area contributed by atoms with Crippen LogP contribution in [0.15, 0.2) is 66.7 Å². The molecule has 166 valence electrons. The number of hydrogen-bond acceptors (Lipinski definition) is 4. The monoisotopic (exact) mass is 431 g/mol. The molecule has 0 spiro atoms. The molecule has 5 nitrogen and oxygen atoms in total. The van der Waals surface area contributed by atoms with E-state index in [0.29, 0.717) is 31.1 Å². The number of carbonyl (C=O) groups is 1. The van der Waals surface area contributed by atoms with Crippen molar-refractivity contribution in [3.8, 4) is 22.6 Å². The fourth-order valence-electron chi connectivity index (χ4n) is 3.60. The second kappa shape index (κ2) is 9.45. The fraction of sp³-hybridized carbons (Fsp3) is 0.296. The molecule has 1 fully saturated rings. The number of ether oxygens (including phenoxy) is 2. The van der Waals surface area contributed by atoms with Gasteiger partial charge in [-0.25, -0.2) is 0 Å². The molecule has 0 bridgehead atoms. The first-order valence-corrected chi connectivity index (χ1v) is 10.9. The van der Waals surface area contributed by atoms with Crippen molar-refractivity contribution in [3.05, 3.63) is 83.4 Å². The molecule has 1 aliphatic carbocycles. The predicted molar refractivity (Wildman–Crippen MR) is 125 cm³/mol. The van der Waals surface area contributed by atoms with Gasteiger partial charge in [0.05, 0.1) is 13.0 Å². The molecule has 0 amide bonds. The van der Waals surface area contributed by atoms with Crippen LogP contribution in [-0.2, 0) is 24.4 Å². The Kier molecular flexibility index (Phi) is 6.47. The molecule has 3 N–H and O–H groups in total. The number of para-hydroxylation sites is 1. The summed E-state index contributed by atoms with van der Waals surface area (Å²) < 4.78 is 12.2. The molecule has 1 saturated carbocycles. The van der Waals surface area contributed by atoms with E-state index >= 15 is 0 Å². The minimum atomic E-state index is -0.882. The molecule has 0 aliphatic heterocycles. The molecule has 1 aliphatic rings. The maximum Gasteiger partial charge on any atom is 0.307 e. The van der Waals surface area contributed by atoms with E-state index < -0.39 is 5.97 Å². The van der Waals surface area contributed by atoms with E-state index in [1.54, 1.807) is 12.1 Å². The summed E-state index contributed by atoms with van der Waals surface area (Å²) in [5, 5.41) is 9.17. The Hall–Kier alpha value is -3.31.